The number of fused-ring (bicyclic) bond motifs is 1. The second-order valence-corrected chi connectivity index (χ2v) is 10.3. The second kappa shape index (κ2) is 10.4. The second-order valence-electron chi connectivity index (χ2n) is 8.60. The lowest BCUT2D eigenvalue weighted by Gasteiger charge is -2.18. The van der Waals surface area contributed by atoms with Crippen molar-refractivity contribution in [3.63, 3.8) is 0 Å². The summed E-state index contributed by atoms with van der Waals surface area (Å²) in [5, 5.41) is 1.70. The van der Waals surface area contributed by atoms with Crippen LogP contribution in [0.1, 0.15) is 52.0 Å². The first kappa shape index (κ1) is 24.6. The maximum absolute atomic E-state index is 13.1. The van der Waals surface area contributed by atoms with Crippen molar-refractivity contribution in [2.75, 3.05) is 0 Å². The van der Waals surface area contributed by atoms with E-state index in [9.17, 15) is 13.2 Å². The highest BCUT2D eigenvalue weighted by atomic mass is 32.2. The van der Waals surface area contributed by atoms with Gasteiger partial charge in [-0.25, -0.2) is 17.9 Å². The van der Waals surface area contributed by atoms with E-state index in [1.807, 2.05) is 57.2 Å². The lowest BCUT2D eigenvalue weighted by Crippen LogP contribution is -2.28. The zero-order valence-corrected chi connectivity index (χ0v) is 20.8. The fraction of sp³-hybridized carbons (Fsp3) is 0.214. The number of carbonyl (C=O) groups excluding carboxylic acids is 1. The molecule has 0 fully saturated rings. The van der Waals surface area contributed by atoms with E-state index in [2.05, 4.69) is 9.71 Å². The molecular formula is C28H28N2O4S. The molecule has 1 aromatic heterocycles. The summed E-state index contributed by atoms with van der Waals surface area (Å²) in [7, 11) is -3.72. The summed E-state index contributed by atoms with van der Waals surface area (Å²) < 4.78 is 34.4. The molecule has 0 aliphatic rings. The zero-order valence-electron chi connectivity index (χ0n) is 20.0. The van der Waals surface area contributed by atoms with Crippen LogP contribution in [0.25, 0.3) is 10.8 Å². The van der Waals surface area contributed by atoms with Crippen LogP contribution in [0.5, 0.6) is 0 Å². The summed E-state index contributed by atoms with van der Waals surface area (Å²) >= 11 is 0. The average Bonchev–Trinajstić information content (AvgIpc) is 2.86. The molecule has 1 N–H and O–H groups in total. The molecule has 0 saturated heterocycles. The Morgan fingerprint density at radius 3 is 2.46 bits per heavy atom. The van der Waals surface area contributed by atoms with Crippen LogP contribution in [0.2, 0.25) is 0 Å². The van der Waals surface area contributed by atoms with Crippen LogP contribution >= 0.6 is 0 Å². The largest absolute Gasteiger partial charge is 0.457 e. The van der Waals surface area contributed by atoms with E-state index in [4.69, 9.17) is 4.74 Å². The predicted molar refractivity (Wildman–Crippen MR) is 137 cm³/mol. The number of benzene rings is 3. The van der Waals surface area contributed by atoms with Crippen molar-refractivity contribution in [1.82, 2.24) is 9.71 Å². The molecular weight excluding hydrogens is 460 g/mol. The summed E-state index contributed by atoms with van der Waals surface area (Å²) in [6.45, 7) is 5.94. The molecule has 35 heavy (non-hydrogen) atoms. The molecule has 0 aliphatic carbocycles. The first-order valence-corrected chi connectivity index (χ1v) is 12.9. The number of nitrogens with one attached hydrogen (secondary N) is 1. The molecule has 6 nitrogen and oxygen atoms in total. The normalized spacial score (nSPS) is 12.4. The van der Waals surface area contributed by atoms with E-state index in [0.717, 1.165) is 33.0 Å². The van der Waals surface area contributed by atoms with Gasteiger partial charge in [-0.1, -0.05) is 55.0 Å². The van der Waals surface area contributed by atoms with Crippen LogP contribution in [0.15, 0.2) is 84.0 Å². The van der Waals surface area contributed by atoms with Gasteiger partial charge >= 0.3 is 5.97 Å². The standard InChI is InChI=1S/C28H28N2O4S/c1-4-27(30-35(32,33)25-11-10-24-17-29-14-13-23(24)16-25)22-8-6-21(7-9-22)18-34-28(31)26-12-5-19(2)15-20(26)3/h5-17,27,30H,4,18H2,1-3H3. The molecule has 1 unspecified atom stereocenters. The number of aromatic nitrogens is 1. The van der Waals surface area contributed by atoms with Gasteiger partial charge in [0.1, 0.15) is 6.61 Å². The van der Waals surface area contributed by atoms with Gasteiger partial charge in [-0.3, -0.25) is 4.98 Å². The molecule has 180 valence electrons. The van der Waals surface area contributed by atoms with E-state index >= 15 is 0 Å². The maximum atomic E-state index is 13.1. The van der Waals surface area contributed by atoms with Gasteiger partial charge in [0.05, 0.1) is 10.5 Å². The number of rotatable bonds is 8. The fourth-order valence-electron chi connectivity index (χ4n) is 3.99. The van der Waals surface area contributed by atoms with Gasteiger partial charge in [0.25, 0.3) is 0 Å². The van der Waals surface area contributed by atoms with Gasteiger partial charge < -0.3 is 4.74 Å². The average molecular weight is 489 g/mol. The van der Waals surface area contributed by atoms with Crippen molar-refractivity contribution in [3.05, 3.63) is 107 Å². The van der Waals surface area contributed by atoms with Gasteiger partial charge in [0.15, 0.2) is 0 Å². The maximum Gasteiger partial charge on any atom is 0.338 e. The number of aryl methyl sites for hydroxylation is 2. The van der Waals surface area contributed by atoms with E-state index in [-0.39, 0.29) is 23.5 Å². The molecule has 7 heteroatoms. The molecule has 1 atom stereocenters. The monoisotopic (exact) mass is 488 g/mol. The number of pyridine rings is 1. The molecule has 0 amide bonds. The molecule has 0 bridgehead atoms. The Kier molecular flexibility index (Phi) is 7.28. The molecule has 1 heterocycles. The van der Waals surface area contributed by atoms with E-state index in [0.29, 0.717) is 12.0 Å². The van der Waals surface area contributed by atoms with Gasteiger partial charge in [-0.15, -0.1) is 0 Å². The highest BCUT2D eigenvalue weighted by molar-refractivity contribution is 7.89. The highest BCUT2D eigenvalue weighted by Gasteiger charge is 2.21. The minimum Gasteiger partial charge on any atom is -0.457 e. The third kappa shape index (κ3) is 5.75. The van der Waals surface area contributed by atoms with Crippen LogP contribution < -0.4 is 4.72 Å². The van der Waals surface area contributed by atoms with Crippen LogP contribution in [-0.4, -0.2) is 19.4 Å². The van der Waals surface area contributed by atoms with Crippen molar-refractivity contribution in [2.24, 2.45) is 0 Å². The van der Waals surface area contributed by atoms with Crippen molar-refractivity contribution in [1.29, 1.82) is 0 Å². The van der Waals surface area contributed by atoms with Crippen molar-refractivity contribution in [3.8, 4) is 0 Å². The SMILES string of the molecule is CCC(NS(=O)(=O)c1ccc2cnccc2c1)c1ccc(COC(=O)c2ccc(C)cc2C)cc1. The number of nitrogens with zero attached hydrogens (tertiary/aromatic N) is 1. The lowest BCUT2D eigenvalue weighted by atomic mass is 10.0. The molecule has 0 spiro atoms. The Bertz CT molecular complexity index is 1460. The fourth-order valence-corrected chi connectivity index (χ4v) is 5.33. The highest BCUT2D eigenvalue weighted by Crippen LogP contribution is 2.23. The predicted octanol–water partition coefficient (Wildman–Crippen LogP) is 5.64. The Balaban J connectivity index is 1.43. The Morgan fingerprint density at radius 2 is 1.74 bits per heavy atom. The molecule has 3 aromatic carbocycles. The third-order valence-corrected chi connectivity index (χ3v) is 7.45. The number of hydrogen-bond acceptors (Lipinski definition) is 5. The number of carbonyl (C=O) groups is 1. The molecule has 4 rings (SSSR count). The first-order chi connectivity index (χ1) is 16.8. The minimum absolute atomic E-state index is 0.140. The number of ether oxygens (including phenoxy) is 1. The summed E-state index contributed by atoms with van der Waals surface area (Å²) in [6, 6.07) is 19.4. The number of esters is 1. The minimum atomic E-state index is -3.72. The topological polar surface area (TPSA) is 85.4 Å². The van der Waals surface area contributed by atoms with Gasteiger partial charge in [0, 0.05) is 23.8 Å². The Morgan fingerprint density at radius 1 is 0.971 bits per heavy atom. The molecule has 0 radical (unpaired) electrons. The van der Waals surface area contributed by atoms with Crippen LogP contribution in [0.4, 0.5) is 0 Å². The number of sulfonamides is 1. The Labute approximate surface area is 206 Å². The van der Waals surface area contributed by atoms with Gasteiger partial charge in [-0.05, 0) is 66.6 Å². The lowest BCUT2D eigenvalue weighted by molar-refractivity contribution is 0.0472. The summed E-state index contributed by atoms with van der Waals surface area (Å²) in [5.74, 6) is -0.364. The van der Waals surface area contributed by atoms with Crippen LogP contribution in [-0.2, 0) is 21.4 Å². The first-order valence-electron chi connectivity index (χ1n) is 11.5. The van der Waals surface area contributed by atoms with Gasteiger partial charge in [-0.2, -0.15) is 0 Å². The summed E-state index contributed by atoms with van der Waals surface area (Å²) in [4.78, 5) is 16.7. The van der Waals surface area contributed by atoms with E-state index in [1.165, 1.54) is 0 Å². The van der Waals surface area contributed by atoms with E-state index in [1.54, 1.807) is 42.7 Å². The molecule has 0 aliphatic heterocycles. The molecule has 0 saturated carbocycles. The quantitative estimate of drug-likeness (QED) is 0.325. The zero-order chi connectivity index (χ0) is 25.0. The smallest absolute Gasteiger partial charge is 0.338 e. The van der Waals surface area contributed by atoms with Crippen molar-refractivity contribution >= 4 is 26.8 Å². The van der Waals surface area contributed by atoms with Crippen molar-refractivity contribution in [2.45, 2.75) is 44.7 Å². The summed E-state index contributed by atoms with van der Waals surface area (Å²) in [6.07, 6.45) is 3.92. The van der Waals surface area contributed by atoms with Crippen LogP contribution in [0.3, 0.4) is 0 Å². The summed E-state index contributed by atoms with van der Waals surface area (Å²) in [5.41, 5.74) is 4.19. The Hall–Kier alpha value is -3.55. The van der Waals surface area contributed by atoms with E-state index < -0.39 is 10.0 Å². The van der Waals surface area contributed by atoms with Gasteiger partial charge in [0.2, 0.25) is 10.0 Å². The third-order valence-electron chi connectivity index (χ3n) is 5.98. The van der Waals surface area contributed by atoms with Crippen molar-refractivity contribution < 1.29 is 17.9 Å². The molecule has 4 aromatic rings. The van der Waals surface area contributed by atoms with Crippen LogP contribution in [0, 0.1) is 13.8 Å². The number of hydrogen-bond donors (Lipinski definition) is 1.